The number of halogens is 4. The maximum absolute atomic E-state index is 11.2. The molecule has 4 atom stereocenters. The van der Waals surface area contributed by atoms with Crippen molar-refractivity contribution in [3.63, 3.8) is 0 Å². The molecule has 2 aliphatic rings. The van der Waals surface area contributed by atoms with Crippen molar-refractivity contribution >= 4 is 66.6 Å². The van der Waals surface area contributed by atoms with Crippen LogP contribution in [0.2, 0.25) is 20.1 Å². The van der Waals surface area contributed by atoms with E-state index in [9.17, 15) is 16.8 Å². The van der Waals surface area contributed by atoms with Crippen LogP contribution in [-0.4, -0.2) is 97.5 Å². The Balaban J connectivity index is 0.000000194. The van der Waals surface area contributed by atoms with E-state index in [1.165, 1.54) is 34.7 Å². The molecule has 2 aliphatic heterocycles. The molecule has 6 rings (SSSR count). The molecule has 0 N–H and O–H groups in total. The summed E-state index contributed by atoms with van der Waals surface area (Å²) in [6.45, 7) is 0.270. The Hall–Kier alpha value is -2.46. The fraction of sp³-hybridized carbons (Fsp3) is 0.429. The summed E-state index contributed by atoms with van der Waals surface area (Å²) < 4.78 is 81.2. The summed E-state index contributed by atoms with van der Waals surface area (Å²) in [5, 5.41) is 9.78. The second kappa shape index (κ2) is 16.1. The van der Waals surface area contributed by atoms with Crippen molar-refractivity contribution in [3.8, 4) is 0 Å². The number of aromatic nitrogens is 6. The fourth-order valence-electron chi connectivity index (χ4n) is 4.96. The van der Waals surface area contributed by atoms with E-state index in [0.29, 0.717) is 31.2 Å². The zero-order valence-electron chi connectivity index (χ0n) is 26.3. The van der Waals surface area contributed by atoms with Crippen molar-refractivity contribution in [3.05, 3.63) is 92.9 Å². The van der Waals surface area contributed by atoms with Gasteiger partial charge in [-0.05, 0) is 24.3 Å². The lowest BCUT2D eigenvalue weighted by Gasteiger charge is -2.29. The number of rotatable bonds is 12. The van der Waals surface area contributed by atoms with Crippen molar-refractivity contribution in [1.29, 1.82) is 0 Å². The third-order valence-corrected chi connectivity index (χ3v) is 9.24. The normalized spacial score (nSPS) is 23.9. The van der Waals surface area contributed by atoms with E-state index in [2.05, 4.69) is 20.2 Å². The van der Waals surface area contributed by atoms with Gasteiger partial charge >= 0.3 is 0 Å². The Morgan fingerprint density at radius 3 is 1.44 bits per heavy atom. The lowest BCUT2D eigenvalue weighted by molar-refractivity contribution is -0.190. The fourth-order valence-corrected chi connectivity index (χ4v) is 6.87. The van der Waals surface area contributed by atoms with Crippen LogP contribution in [0.5, 0.6) is 0 Å². The van der Waals surface area contributed by atoms with Gasteiger partial charge in [0.05, 0.1) is 49.0 Å². The maximum atomic E-state index is 11.2. The van der Waals surface area contributed by atoms with Gasteiger partial charge in [-0.15, -0.1) is 0 Å². The zero-order valence-corrected chi connectivity index (χ0v) is 30.9. The van der Waals surface area contributed by atoms with E-state index in [-0.39, 0.29) is 39.5 Å². The highest BCUT2D eigenvalue weighted by Crippen LogP contribution is 2.42. The second-order valence-corrected chi connectivity index (χ2v) is 16.0. The largest absolute Gasteiger partial charge is 0.342 e. The quantitative estimate of drug-likeness (QED) is 0.189. The molecule has 0 amide bonds. The first-order valence-electron chi connectivity index (χ1n) is 14.4. The van der Waals surface area contributed by atoms with Crippen molar-refractivity contribution in [2.75, 3.05) is 38.9 Å². The molecule has 0 unspecified atom stereocenters. The van der Waals surface area contributed by atoms with Crippen LogP contribution in [0.25, 0.3) is 0 Å². The summed E-state index contributed by atoms with van der Waals surface area (Å²) in [4.78, 5) is 7.79. The molecule has 0 bridgehead atoms. The number of nitrogens with zero attached hydrogens (tertiary/aromatic N) is 6. The summed E-state index contributed by atoms with van der Waals surface area (Å²) in [6, 6.07) is 9.88. The minimum Gasteiger partial charge on any atom is -0.342 e. The lowest BCUT2D eigenvalue weighted by Crippen LogP contribution is -2.35. The first-order valence-corrected chi connectivity index (χ1v) is 19.6. The Morgan fingerprint density at radius 1 is 0.720 bits per heavy atom. The standard InChI is InChI=1S/2C14H15Cl2N3O5S/c2*1-25(20,21)23-6-11-5-22-14(24-11,7-19-9-17-8-18-19)12-3-2-10(15)4-13(12)16/h2*2-4,8-9,11H,5-7H2,1H3/t2*11-,14-/m10/s1. The molecule has 4 aromatic rings. The highest BCUT2D eigenvalue weighted by atomic mass is 35.5. The molecule has 22 heteroatoms. The summed E-state index contributed by atoms with van der Waals surface area (Å²) in [6.07, 6.45) is 6.56. The molecule has 4 heterocycles. The van der Waals surface area contributed by atoms with Gasteiger partial charge in [-0.1, -0.05) is 58.5 Å². The van der Waals surface area contributed by atoms with Gasteiger partial charge in [0.25, 0.3) is 20.2 Å². The van der Waals surface area contributed by atoms with Crippen LogP contribution < -0.4 is 0 Å². The topological polar surface area (TPSA) is 185 Å². The molecule has 0 saturated carbocycles. The van der Waals surface area contributed by atoms with Crippen LogP contribution in [0.3, 0.4) is 0 Å². The predicted octanol–water partition coefficient (Wildman–Crippen LogP) is 3.66. The molecule has 2 aromatic carbocycles. The van der Waals surface area contributed by atoms with Crippen LogP contribution in [-0.2, 0) is 72.2 Å². The van der Waals surface area contributed by atoms with Gasteiger partial charge in [-0.2, -0.15) is 27.0 Å². The number of ether oxygens (including phenoxy) is 4. The molecule has 0 radical (unpaired) electrons. The first-order chi connectivity index (χ1) is 23.5. The van der Waals surface area contributed by atoms with E-state index in [0.717, 1.165) is 12.5 Å². The highest BCUT2D eigenvalue weighted by Gasteiger charge is 2.47. The van der Waals surface area contributed by atoms with Crippen LogP contribution in [0, 0.1) is 0 Å². The van der Waals surface area contributed by atoms with Gasteiger partial charge in [-0.3, -0.25) is 8.37 Å². The zero-order chi connectivity index (χ0) is 36.2. The van der Waals surface area contributed by atoms with Gasteiger partial charge < -0.3 is 18.9 Å². The van der Waals surface area contributed by atoms with E-state index < -0.39 is 44.0 Å². The third-order valence-electron chi connectivity index (χ3n) is 7.01. The highest BCUT2D eigenvalue weighted by molar-refractivity contribution is 7.86. The third kappa shape index (κ3) is 10.3. The molecule has 2 fully saturated rings. The minimum atomic E-state index is -3.58. The van der Waals surface area contributed by atoms with Gasteiger partial charge in [0.15, 0.2) is 0 Å². The molecule has 16 nitrogen and oxygen atoms in total. The summed E-state index contributed by atoms with van der Waals surface area (Å²) in [7, 11) is -7.17. The van der Waals surface area contributed by atoms with Crippen LogP contribution in [0.1, 0.15) is 11.1 Å². The number of benzene rings is 2. The van der Waals surface area contributed by atoms with Gasteiger partial charge in [0.1, 0.15) is 50.6 Å². The van der Waals surface area contributed by atoms with Crippen molar-refractivity contribution < 1.29 is 44.1 Å². The molecule has 50 heavy (non-hydrogen) atoms. The monoisotopic (exact) mass is 814 g/mol. The van der Waals surface area contributed by atoms with Crippen molar-refractivity contribution in [1.82, 2.24) is 29.5 Å². The lowest BCUT2D eigenvalue weighted by atomic mass is 10.1. The Kier molecular flexibility index (Phi) is 12.4. The Bertz CT molecular complexity index is 1830. The molecule has 0 aliphatic carbocycles. The number of hydrogen-bond acceptors (Lipinski definition) is 14. The van der Waals surface area contributed by atoms with Crippen LogP contribution in [0.15, 0.2) is 61.7 Å². The van der Waals surface area contributed by atoms with E-state index in [4.69, 9.17) is 73.7 Å². The number of hydrogen-bond donors (Lipinski definition) is 0. The van der Waals surface area contributed by atoms with E-state index >= 15 is 0 Å². The minimum absolute atomic E-state index is 0.128. The molecule has 0 spiro atoms. The Labute approximate surface area is 307 Å². The van der Waals surface area contributed by atoms with Gasteiger partial charge in [0, 0.05) is 21.2 Å². The maximum Gasteiger partial charge on any atom is 0.264 e. The summed E-state index contributed by atoms with van der Waals surface area (Å²) in [5.74, 6) is -2.53. The molecule has 2 saturated heterocycles. The van der Waals surface area contributed by atoms with Crippen molar-refractivity contribution in [2.24, 2.45) is 0 Å². The first kappa shape index (κ1) is 38.8. The average molecular weight is 817 g/mol. The molecular formula is C28H30Cl4N6O10S2. The van der Waals surface area contributed by atoms with E-state index in [1.54, 1.807) is 36.4 Å². The van der Waals surface area contributed by atoms with Crippen LogP contribution in [0.4, 0.5) is 0 Å². The second-order valence-electron chi connectivity index (χ2n) is 11.0. The van der Waals surface area contributed by atoms with Gasteiger partial charge in [0.2, 0.25) is 11.6 Å². The van der Waals surface area contributed by atoms with Gasteiger partial charge in [-0.25, -0.2) is 19.3 Å². The molecule has 272 valence electrons. The Morgan fingerprint density at radius 2 is 1.12 bits per heavy atom. The predicted molar refractivity (Wildman–Crippen MR) is 180 cm³/mol. The molecule has 2 aromatic heterocycles. The van der Waals surface area contributed by atoms with Crippen molar-refractivity contribution in [2.45, 2.75) is 36.9 Å². The average Bonchev–Trinajstić information content (AvgIpc) is 3.85. The molecular weight excluding hydrogens is 786 g/mol. The SMILES string of the molecule is CS(=O)(=O)OC[C@@H]1CO[C@](Cn2cncn2)(c2ccc(Cl)cc2Cl)O1.CS(=O)(=O)OC[C@H]1CO[C@@](Cn2cncn2)(c2ccc(Cl)cc2Cl)O1. The van der Waals surface area contributed by atoms with Crippen LogP contribution >= 0.6 is 46.4 Å². The van der Waals surface area contributed by atoms with E-state index in [1.807, 2.05) is 0 Å². The smallest absolute Gasteiger partial charge is 0.264 e. The summed E-state index contributed by atoms with van der Waals surface area (Å²) >= 11 is 24.6. The summed E-state index contributed by atoms with van der Waals surface area (Å²) in [5.41, 5.74) is 1.10.